The number of aliphatic hydroxyl groups is 2. The summed E-state index contributed by atoms with van der Waals surface area (Å²) >= 11 is 0. The van der Waals surface area contributed by atoms with E-state index < -0.39 is 12.3 Å². The zero-order chi connectivity index (χ0) is 18.1. The van der Waals surface area contributed by atoms with E-state index in [4.69, 9.17) is 4.74 Å². The molecule has 2 rings (SSSR count). The van der Waals surface area contributed by atoms with Gasteiger partial charge in [-0.25, -0.2) is 0 Å². The van der Waals surface area contributed by atoms with Gasteiger partial charge in [0.15, 0.2) is 6.23 Å². The van der Waals surface area contributed by atoms with E-state index in [0.29, 0.717) is 25.0 Å². The van der Waals surface area contributed by atoms with Crippen molar-refractivity contribution in [2.75, 3.05) is 0 Å². The maximum atomic E-state index is 10.6. The third kappa shape index (κ3) is 6.16. The highest BCUT2D eigenvalue weighted by molar-refractivity contribution is 5.35. The monoisotopic (exact) mass is 343 g/mol. The van der Waals surface area contributed by atoms with Gasteiger partial charge in [-0.15, -0.1) is 0 Å². The maximum Gasteiger partial charge on any atom is 0.151 e. The first-order valence-corrected chi connectivity index (χ1v) is 9.05. The van der Waals surface area contributed by atoms with Gasteiger partial charge in [0.1, 0.15) is 12.0 Å². The van der Waals surface area contributed by atoms with E-state index in [1.165, 1.54) is 5.56 Å². The molecule has 0 radical (unpaired) electrons. The van der Waals surface area contributed by atoms with Crippen LogP contribution in [-0.4, -0.2) is 22.7 Å². The van der Waals surface area contributed by atoms with Gasteiger partial charge in [0.2, 0.25) is 0 Å². The molecule has 0 aliphatic rings. The van der Waals surface area contributed by atoms with Crippen LogP contribution in [0.1, 0.15) is 50.3 Å². The number of para-hydroxylation sites is 1. The van der Waals surface area contributed by atoms with E-state index in [-0.39, 0.29) is 6.23 Å². The van der Waals surface area contributed by atoms with Crippen molar-refractivity contribution in [3.63, 3.8) is 0 Å². The Morgan fingerprint density at radius 2 is 1.60 bits per heavy atom. The second-order valence-corrected chi connectivity index (χ2v) is 6.18. The molecule has 3 unspecified atom stereocenters. The Morgan fingerprint density at radius 3 is 2.28 bits per heavy atom. The molecule has 4 nitrogen and oxygen atoms in total. The van der Waals surface area contributed by atoms with Crippen molar-refractivity contribution in [2.45, 2.75) is 58.1 Å². The third-order valence-electron chi connectivity index (χ3n) is 4.23. The van der Waals surface area contributed by atoms with Gasteiger partial charge in [0.25, 0.3) is 0 Å². The molecule has 0 spiro atoms. The van der Waals surface area contributed by atoms with Crippen LogP contribution in [0.25, 0.3) is 0 Å². The van der Waals surface area contributed by atoms with Crippen LogP contribution in [0.15, 0.2) is 54.6 Å². The zero-order valence-electron chi connectivity index (χ0n) is 15.1. The Morgan fingerprint density at radius 1 is 0.920 bits per heavy atom. The van der Waals surface area contributed by atoms with Gasteiger partial charge in [0, 0.05) is 5.56 Å². The van der Waals surface area contributed by atoms with Gasteiger partial charge in [-0.05, 0) is 37.3 Å². The highest BCUT2D eigenvalue weighted by Gasteiger charge is 2.17. The van der Waals surface area contributed by atoms with E-state index in [1.54, 1.807) is 0 Å². The van der Waals surface area contributed by atoms with Crippen LogP contribution in [0.4, 0.5) is 0 Å². The van der Waals surface area contributed by atoms with Gasteiger partial charge in [-0.3, -0.25) is 5.32 Å². The van der Waals surface area contributed by atoms with Crippen LogP contribution in [-0.2, 0) is 6.42 Å². The largest absolute Gasteiger partial charge is 0.475 e. The molecule has 136 valence electrons. The lowest BCUT2D eigenvalue weighted by Gasteiger charge is -2.24. The lowest BCUT2D eigenvalue weighted by molar-refractivity contribution is 0.0497. The number of hydrogen-bond donors (Lipinski definition) is 3. The molecule has 0 aliphatic heterocycles. The summed E-state index contributed by atoms with van der Waals surface area (Å²) in [7, 11) is 0. The van der Waals surface area contributed by atoms with Gasteiger partial charge in [0.05, 0.1) is 6.10 Å². The minimum absolute atomic E-state index is 0.294. The molecule has 0 bridgehead atoms. The number of ether oxygens (including phenoxy) is 1. The summed E-state index contributed by atoms with van der Waals surface area (Å²) in [5.74, 6) is 0.658. The van der Waals surface area contributed by atoms with Crippen molar-refractivity contribution in [3.05, 3.63) is 65.7 Å². The van der Waals surface area contributed by atoms with E-state index in [2.05, 4.69) is 17.4 Å². The topological polar surface area (TPSA) is 61.7 Å². The SMILES string of the molecule is CCC(O)NC(CC)Oc1ccccc1C(O)CCc1ccccc1. The summed E-state index contributed by atoms with van der Waals surface area (Å²) in [5.41, 5.74) is 1.99. The predicted octanol–water partition coefficient (Wildman–Crippen LogP) is 3.79. The fourth-order valence-corrected chi connectivity index (χ4v) is 2.69. The molecule has 0 saturated heterocycles. The summed E-state index contributed by atoms with van der Waals surface area (Å²) in [6, 6.07) is 17.7. The highest BCUT2D eigenvalue weighted by Crippen LogP contribution is 2.29. The summed E-state index contributed by atoms with van der Waals surface area (Å²) in [6.45, 7) is 3.90. The molecule has 3 atom stereocenters. The number of benzene rings is 2. The summed E-state index contributed by atoms with van der Waals surface area (Å²) in [5, 5.41) is 23.5. The number of aryl methyl sites for hydroxylation is 1. The molecule has 0 fully saturated rings. The second kappa shape index (κ2) is 10.2. The third-order valence-corrected chi connectivity index (χ3v) is 4.23. The first-order valence-electron chi connectivity index (χ1n) is 9.05. The van der Waals surface area contributed by atoms with E-state index in [9.17, 15) is 10.2 Å². The smallest absolute Gasteiger partial charge is 0.151 e. The van der Waals surface area contributed by atoms with Crippen molar-refractivity contribution in [3.8, 4) is 5.75 Å². The van der Waals surface area contributed by atoms with Crippen molar-refractivity contribution in [1.29, 1.82) is 0 Å². The first kappa shape index (κ1) is 19.4. The molecule has 0 aliphatic carbocycles. The molecule has 0 aromatic heterocycles. The molecule has 25 heavy (non-hydrogen) atoms. The molecule has 2 aromatic carbocycles. The number of nitrogens with one attached hydrogen (secondary N) is 1. The standard InChI is InChI=1S/C21H29NO3/c1-3-20(24)22-21(4-2)25-19-13-9-8-12-17(19)18(23)15-14-16-10-6-5-7-11-16/h5-13,18,20-24H,3-4,14-15H2,1-2H3. The molecular weight excluding hydrogens is 314 g/mol. The molecule has 0 amide bonds. The average Bonchev–Trinajstić information content (AvgIpc) is 2.66. The normalized spacial score (nSPS) is 14.7. The molecule has 0 heterocycles. The summed E-state index contributed by atoms with van der Waals surface area (Å²) < 4.78 is 6.01. The summed E-state index contributed by atoms with van der Waals surface area (Å²) in [4.78, 5) is 0. The van der Waals surface area contributed by atoms with Gasteiger partial charge in [-0.1, -0.05) is 62.4 Å². The maximum absolute atomic E-state index is 10.6. The number of hydrogen-bond acceptors (Lipinski definition) is 4. The van der Waals surface area contributed by atoms with Crippen molar-refractivity contribution in [1.82, 2.24) is 5.32 Å². The zero-order valence-corrected chi connectivity index (χ0v) is 15.1. The molecule has 4 heteroatoms. The fourth-order valence-electron chi connectivity index (χ4n) is 2.69. The minimum atomic E-state index is -0.597. The Labute approximate surface area is 150 Å². The Bertz CT molecular complexity index is 618. The lowest BCUT2D eigenvalue weighted by Crippen LogP contribution is -2.41. The highest BCUT2D eigenvalue weighted by atomic mass is 16.5. The first-order chi connectivity index (χ1) is 12.1. The van der Waals surface area contributed by atoms with E-state index in [1.807, 2.05) is 56.3 Å². The van der Waals surface area contributed by atoms with Crippen LogP contribution in [0.2, 0.25) is 0 Å². The van der Waals surface area contributed by atoms with Crippen molar-refractivity contribution in [2.24, 2.45) is 0 Å². The van der Waals surface area contributed by atoms with Gasteiger partial charge < -0.3 is 14.9 Å². The molecule has 2 aromatic rings. The molecule has 0 saturated carbocycles. The van der Waals surface area contributed by atoms with E-state index in [0.717, 1.165) is 12.0 Å². The second-order valence-electron chi connectivity index (χ2n) is 6.18. The number of rotatable bonds is 10. The fraction of sp³-hybridized carbons (Fsp3) is 0.429. The van der Waals surface area contributed by atoms with Crippen LogP contribution in [0.3, 0.4) is 0 Å². The molecule has 3 N–H and O–H groups in total. The summed E-state index contributed by atoms with van der Waals surface area (Å²) in [6.07, 6.45) is 1.28. The van der Waals surface area contributed by atoms with Crippen LogP contribution >= 0.6 is 0 Å². The van der Waals surface area contributed by atoms with Gasteiger partial charge >= 0.3 is 0 Å². The van der Waals surface area contributed by atoms with Gasteiger partial charge in [-0.2, -0.15) is 0 Å². The van der Waals surface area contributed by atoms with E-state index >= 15 is 0 Å². The van der Waals surface area contributed by atoms with Crippen LogP contribution < -0.4 is 10.1 Å². The predicted molar refractivity (Wildman–Crippen MR) is 100 cm³/mol. The average molecular weight is 343 g/mol. The quantitative estimate of drug-likeness (QED) is 0.575. The Balaban J connectivity index is 2.03. The Kier molecular flexibility index (Phi) is 7.92. The van der Waals surface area contributed by atoms with Crippen LogP contribution in [0, 0.1) is 0 Å². The lowest BCUT2D eigenvalue weighted by atomic mass is 10.0. The van der Waals surface area contributed by atoms with Crippen molar-refractivity contribution < 1.29 is 14.9 Å². The Hall–Kier alpha value is -1.88. The number of aliphatic hydroxyl groups excluding tert-OH is 2. The van der Waals surface area contributed by atoms with Crippen LogP contribution in [0.5, 0.6) is 5.75 Å². The van der Waals surface area contributed by atoms with Crippen molar-refractivity contribution >= 4 is 0 Å². The molecular formula is C21H29NO3. The minimum Gasteiger partial charge on any atom is -0.475 e.